The van der Waals surface area contributed by atoms with Gasteiger partial charge in [-0.3, -0.25) is 0 Å². The second-order valence-electron chi connectivity index (χ2n) is 2.00. The Bertz CT molecular complexity index is 194. The number of allylic oxidation sites excluding steroid dienone is 2. The zero-order chi connectivity index (χ0) is 10.9. The molecule has 0 aliphatic heterocycles. The molecule has 8 heteroatoms. The van der Waals surface area contributed by atoms with E-state index in [9.17, 15) is 35.1 Å². The Hall–Kier alpha value is -0.820. The first-order chi connectivity index (χ1) is 5.46. The topological polar surface area (TPSA) is 0 Å². The lowest BCUT2D eigenvalue weighted by Gasteiger charge is -2.15. The van der Waals surface area contributed by atoms with Crippen molar-refractivity contribution in [3.05, 3.63) is 12.2 Å². The Kier molecular flexibility index (Phi) is 2.95. The van der Waals surface area contributed by atoms with E-state index in [0.29, 0.717) is 0 Å². The van der Waals surface area contributed by atoms with Crippen molar-refractivity contribution >= 4 is 0 Å². The van der Waals surface area contributed by atoms with Crippen LogP contribution < -0.4 is 0 Å². The average Bonchev–Trinajstić information content (AvgIpc) is 1.79. The molecule has 0 aromatic heterocycles. The summed E-state index contributed by atoms with van der Waals surface area (Å²) in [6.45, 7) is 0. The molecular weight excluding hydrogens is 212 g/mol. The summed E-state index contributed by atoms with van der Waals surface area (Å²) < 4.78 is 90.8. The van der Waals surface area contributed by atoms with E-state index in [1.165, 1.54) is 0 Å². The normalized spacial score (nSPS) is 15.4. The Morgan fingerprint density at radius 3 is 1.23 bits per heavy atom. The van der Waals surface area contributed by atoms with Crippen LogP contribution in [0.4, 0.5) is 35.1 Å². The predicted octanol–water partition coefficient (Wildman–Crippen LogP) is 3.30. The molecule has 0 amide bonds. The highest BCUT2D eigenvalue weighted by atomic mass is 19.4. The highest BCUT2D eigenvalue weighted by Crippen LogP contribution is 2.37. The van der Waals surface area contributed by atoms with Gasteiger partial charge in [-0.1, -0.05) is 0 Å². The van der Waals surface area contributed by atoms with Crippen molar-refractivity contribution in [3.63, 3.8) is 0 Å². The van der Waals surface area contributed by atoms with E-state index < -0.39 is 30.4 Å². The molecule has 0 nitrogen and oxygen atoms in total. The smallest absolute Gasteiger partial charge is 0.192 e. The SMILES string of the molecule is FC(F)(F)C=CC(F)(F)C(F)(F)F. The minimum atomic E-state index is -6.01. The van der Waals surface area contributed by atoms with E-state index in [1.807, 2.05) is 0 Å². The Balaban J connectivity index is 4.62. The lowest BCUT2D eigenvalue weighted by atomic mass is 10.3. The molecule has 0 aromatic carbocycles. The number of hydrogen-bond donors (Lipinski definition) is 0. The minimum Gasteiger partial charge on any atom is -0.192 e. The largest absolute Gasteiger partial charge is 0.457 e. The van der Waals surface area contributed by atoms with Crippen LogP contribution in [0.1, 0.15) is 0 Å². The first kappa shape index (κ1) is 12.2. The Morgan fingerprint density at radius 1 is 0.615 bits per heavy atom. The quantitative estimate of drug-likeness (QED) is 0.464. The summed E-state index contributed by atoms with van der Waals surface area (Å²) >= 11 is 0. The summed E-state index contributed by atoms with van der Waals surface area (Å²) in [5, 5.41) is 0. The van der Waals surface area contributed by atoms with Crippen LogP contribution in [0, 0.1) is 0 Å². The maximum Gasteiger partial charge on any atom is 0.457 e. The van der Waals surface area contributed by atoms with Crippen molar-refractivity contribution in [3.8, 4) is 0 Å². The second-order valence-corrected chi connectivity index (χ2v) is 2.00. The van der Waals surface area contributed by atoms with E-state index in [1.54, 1.807) is 0 Å². The van der Waals surface area contributed by atoms with Gasteiger partial charge in [-0.25, -0.2) is 0 Å². The van der Waals surface area contributed by atoms with Gasteiger partial charge in [0.15, 0.2) is 0 Å². The molecule has 0 radical (unpaired) electrons. The summed E-state index contributed by atoms with van der Waals surface area (Å²) in [6.07, 6.45) is -13.6. The van der Waals surface area contributed by atoms with E-state index >= 15 is 0 Å². The average molecular weight is 214 g/mol. The summed E-state index contributed by atoms with van der Waals surface area (Å²) in [7, 11) is 0. The van der Waals surface area contributed by atoms with E-state index in [2.05, 4.69) is 0 Å². The number of alkyl halides is 8. The van der Waals surface area contributed by atoms with Gasteiger partial charge in [-0.2, -0.15) is 35.1 Å². The van der Waals surface area contributed by atoms with Crippen LogP contribution in [0.15, 0.2) is 12.2 Å². The van der Waals surface area contributed by atoms with E-state index in [-0.39, 0.29) is 0 Å². The summed E-state index contributed by atoms with van der Waals surface area (Å²) in [5.74, 6) is -5.46. The third-order valence-electron chi connectivity index (χ3n) is 0.860. The van der Waals surface area contributed by atoms with E-state index in [4.69, 9.17) is 0 Å². The fourth-order valence-electron chi connectivity index (χ4n) is 0.294. The van der Waals surface area contributed by atoms with Gasteiger partial charge in [0, 0.05) is 6.08 Å². The first-order valence-electron chi connectivity index (χ1n) is 2.67. The lowest BCUT2D eigenvalue weighted by Crippen LogP contribution is -2.34. The summed E-state index contributed by atoms with van der Waals surface area (Å²) in [6, 6.07) is 0. The third kappa shape index (κ3) is 4.09. The predicted molar refractivity (Wildman–Crippen MR) is 26.2 cm³/mol. The molecule has 0 N–H and O–H groups in total. The van der Waals surface area contributed by atoms with Crippen LogP contribution in [0.25, 0.3) is 0 Å². The van der Waals surface area contributed by atoms with Gasteiger partial charge in [0.2, 0.25) is 0 Å². The molecule has 78 valence electrons. The summed E-state index contributed by atoms with van der Waals surface area (Å²) in [5.41, 5.74) is 0. The Labute approximate surface area is 66.8 Å². The number of halogens is 8. The van der Waals surface area contributed by atoms with Crippen LogP contribution >= 0.6 is 0 Å². The van der Waals surface area contributed by atoms with Crippen LogP contribution in [0.2, 0.25) is 0 Å². The van der Waals surface area contributed by atoms with Crippen molar-refractivity contribution < 1.29 is 35.1 Å². The molecule has 0 aromatic rings. The zero-order valence-corrected chi connectivity index (χ0v) is 5.68. The minimum absolute atomic E-state index is 1.15. The monoisotopic (exact) mass is 214 g/mol. The van der Waals surface area contributed by atoms with Gasteiger partial charge >= 0.3 is 18.3 Å². The highest BCUT2D eigenvalue weighted by Gasteiger charge is 2.55. The molecule has 0 fully saturated rings. The maximum absolute atomic E-state index is 11.7. The lowest BCUT2D eigenvalue weighted by molar-refractivity contribution is -0.259. The Morgan fingerprint density at radius 2 is 1.00 bits per heavy atom. The van der Waals surface area contributed by atoms with Gasteiger partial charge in [-0.05, 0) is 6.08 Å². The molecule has 0 saturated heterocycles. The van der Waals surface area contributed by atoms with Gasteiger partial charge in [0.1, 0.15) is 0 Å². The molecule has 0 spiro atoms. The molecule has 0 aliphatic rings. The standard InChI is InChI=1S/C5H2F8/c6-3(7,5(11,12)13)1-2-4(8,9)10/h1-2H. The number of hydrogen-bond acceptors (Lipinski definition) is 0. The molecule has 0 atom stereocenters. The van der Waals surface area contributed by atoms with Crippen molar-refractivity contribution in [1.29, 1.82) is 0 Å². The third-order valence-corrected chi connectivity index (χ3v) is 0.860. The van der Waals surface area contributed by atoms with Crippen molar-refractivity contribution in [2.24, 2.45) is 0 Å². The van der Waals surface area contributed by atoms with Crippen LogP contribution in [-0.4, -0.2) is 18.3 Å². The van der Waals surface area contributed by atoms with Crippen molar-refractivity contribution in [1.82, 2.24) is 0 Å². The second kappa shape index (κ2) is 3.15. The fraction of sp³-hybridized carbons (Fsp3) is 0.600. The van der Waals surface area contributed by atoms with Gasteiger partial charge < -0.3 is 0 Å². The zero-order valence-electron chi connectivity index (χ0n) is 5.68. The maximum atomic E-state index is 11.7. The molecule has 13 heavy (non-hydrogen) atoms. The van der Waals surface area contributed by atoms with Gasteiger partial charge in [-0.15, -0.1) is 0 Å². The molecule has 0 rings (SSSR count). The molecule has 0 saturated carbocycles. The van der Waals surface area contributed by atoms with E-state index in [0.717, 1.165) is 0 Å². The van der Waals surface area contributed by atoms with Crippen molar-refractivity contribution in [2.75, 3.05) is 0 Å². The molecule has 0 bridgehead atoms. The highest BCUT2D eigenvalue weighted by molar-refractivity contribution is 5.02. The van der Waals surface area contributed by atoms with Crippen molar-refractivity contribution in [2.45, 2.75) is 18.3 Å². The van der Waals surface area contributed by atoms with Crippen LogP contribution in [0.3, 0.4) is 0 Å². The van der Waals surface area contributed by atoms with Gasteiger partial charge in [0.25, 0.3) is 0 Å². The fourth-order valence-corrected chi connectivity index (χ4v) is 0.294. The molecule has 0 unspecified atom stereocenters. The van der Waals surface area contributed by atoms with Gasteiger partial charge in [0.05, 0.1) is 0 Å². The van der Waals surface area contributed by atoms with Crippen LogP contribution in [-0.2, 0) is 0 Å². The molecule has 0 heterocycles. The van der Waals surface area contributed by atoms with Crippen LogP contribution in [0.5, 0.6) is 0 Å². The summed E-state index contributed by atoms with van der Waals surface area (Å²) in [4.78, 5) is 0. The molecular formula is C5H2F8. The number of rotatable bonds is 1. The first-order valence-corrected chi connectivity index (χ1v) is 2.67. The molecule has 0 aliphatic carbocycles.